The van der Waals surface area contributed by atoms with Gasteiger partial charge >= 0.3 is 0 Å². The van der Waals surface area contributed by atoms with Crippen LogP contribution >= 0.6 is 12.2 Å². The SMILES string of the molecule is COc1ccc(CCNC(=S)N(Cc2ccccc2)Cc2ccccc2)cc1OC. The molecule has 1 N–H and O–H groups in total. The highest BCUT2D eigenvalue weighted by Crippen LogP contribution is 2.27. The van der Waals surface area contributed by atoms with E-state index in [9.17, 15) is 0 Å². The summed E-state index contributed by atoms with van der Waals surface area (Å²) < 4.78 is 10.7. The Morgan fingerprint density at radius 2 is 1.33 bits per heavy atom. The Kier molecular flexibility index (Phi) is 8.10. The second-order valence-corrected chi connectivity index (χ2v) is 7.39. The van der Waals surface area contributed by atoms with Gasteiger partial charge in [-0.05, 0) is 47.5 Å². The van der Waals surface area contributed by atoms with Gasteiger partial charge in [-0.2, -0.15) is 0 Å². The van der Waals surface area contributed by atoms with E-state index in [1.807, 2.05) is 24.3 Å². The van der Waals surface area contributed by atoms with Crippen LogP contribution in [0.5, 0.6) is 11.5 Å². The molecule has 3 aromatic carbocycles. The van der Waals surface area contributed by atoms with Crippen molar-refractivity contribution in [2.24, 2.45) is 0 Å². The van der Waals surface area contributed by atoms with Crippen LogP contribution in [0.15, 0.2) is 78.9 Å². The zero-order valence-electron chi connectivity index (χ0n) is 17.5. The monoisotopic (exact) mass is 420 g/mol. The quantitative estimate of drug-likeness (QED) is 0.502. The van der Waals surface area contributed by atoms with Crippen molar-refractivity contribution < 1.29 is 9.47 Å². The second-order valence-electron chi connectivity index (χ2n) is 7.00. The molecule has 0 saturated heterocycles. The molecule has 0 aliphatic rings. The van der Waals surface area contributed by atoms with Gasteiger partial charge in [-0.15, -0.1) is 0 Å². The number of hydrogen-bond donors (Lipinski definition) is 1. The van der Waals surface area contributed by atoms with Crippen LogP contribution in [0, 0.1) is 0 Å². The van der Waals surface area contributed by atoms with E-state index in [2.05, 4.69) is 64.8 Å². The average molecular weight is 421 g/mol. The normalized spacial score (nSPS) is 10.3. The van der Waals surface area contributed by atoms with Crippen LogP contribution in [0.25, 0.3) is 0 Å². The van der Waals surface area contributed by atoms with E-state index >= 15 is 0 Å². The first-order valence-electron chi connectivity index (χ1n) is 10.0. The van der Waals surface area contributed by atoms with Gasteiger partial charge in [0.2, 0.25) is 0 Å². The van der Waals surface area contributed by atoms with Gasteiger partial charge in [0.25, 0.3) is 0 Å². The third-order valence-electron chi connectivity index (χ3n) is 4.86. The van der Waals surface area contributed by atoms with Gasteiger partial charge in [0.15, 0.2) is 16.6 Å². The minimum atomic E-state index is 0.738. The summed E-state index contributed by atoms with van der Waals surface area (Å²) >= 11 is 5.75. The zero-order valence-corrected chi connectivity index (χ0v) is 18.3. The molecule has 0 spiro atoms. The summed E-state index contributed by atoms with van der Waals surface area (Å²) in [5.74, 6) is 1.48. The second kappa shape index (κ2) is 11.2. The van der Waals surface area contributed by atoms with Gasteiger partial charge < -0.3 is 19.7 Å². The Labute approximate surface area is 184 Å². The average Bonchev–Trinajstić information content (AvgIpc) is 2.79. The summed E-state index contributed by atoms with van der Waals surface area (Å²) in [7, 11) is 3.30. The fourth-order valence-corrected chi connectivity index (χ4v) is 3.50. The van der Waals surface area contributed by atoms with E-state index in [1.165, 1.54) is 16.7 Å². The van der Waals surface area contributed by atoms with Crippen molar-refractivity contribution >= 4 is 17.3 Å². The molecule has 0 heterocycles. The molecule has 3 rings (SSSR count). The first-order valence-corrected chi connectivity index (χ1v) is 10.4. The lowest BCUT2D eigenvalue weighted by Gasteiger charge is -2.26. The highest BCUT2D eigenvalue weighted by molar-refractivity contribution is 7.80. The van der Waals surface area contributed by atoms with Crippen molar-refractivity contribution in [1.29, 1.82) is 0 Å². The van der Waals surface area contributed by atoms with E-state index in [0.717, 1.165) is 42.7 Å². The molecule has 0 atom stereocenters. The van der Waals surface area contributed by atoms with Crippen molar-refractivity contribution in [2.75, 3.05) is 20.8 Å². The van der Waals surface area contributed by atoms with Gasteiger partial charge in [-0.1, -0.05) is 66.7 Å². The zero-order chi connectivity index (χ0) is 21.2. The predicted octanol–water partition coefficient (Wildman–Crippen LogP) is 4.82. The van der Waals surface area contributed by atoms with Crippen LogP contribution in [-0.2, 0) is 19.5 Å². The molecular formula is C25H28N2O2S. The van der Waals surface area contributed by atoms with Gasteiger partial charge in [0.05, 0.1) is 14.2 Å². The van der Waals surface area contributed by atoms with E-state index < -0.39 is 0 Å². The van der Waals surface area contributed by atoms with Crippen molar-refractivity contribution in [3.63, 3.8) is 0 Å². The number of nitrogens with one attached hydrogen (secondary N) is 1. The third kappa shape index (κ3) is 6.22. The summed E-state index contributed by atoms with van der Waals surface area (Å²) in [5.41, 5.74) is 3.63. The molecule has 0 unspecified atom stereocenters. The lowest BCUT2D eigenvalue weighted by atomic mass is 10.1. The molecule has 0 radical (unpaired) electrons. The van der Waals surface area contributed by atoms with E-state index in [4.69, 9.17) is 21.7 Å². The van der Waals surface area contributed by atoms with E-state index in [-0.39, 0.29) is 0 Å². The van der Waals surface area contributed by atoms with E-state index in [0.29, 0.717) is 0 Å². The van der Waals surface area contributed by atoms with Crippen molar-refractivity contribution in [1.82, 2.24) is 10.2 Å². The predicted molar refractivity (Wildman–Crippen MR) is 126 cm³/mol. The number of benzene rings is 3. The lowest BCUT2D eigenvalue weighted by molar-refractivity contribution is 0.354. The molecule has 0 aliphatic heterocycles. The smallest absolute Gasteiger partial charge is 0.169 e. The Bertz CT molecular complexity index is 891. The van der Waals surface area contributed by atoms with Crippen LogP contribution in [0.3, 0.4) is 0 Å². The maximum atomic E-state index is 5.75. The van der Waals surface area contributed by atoms with Crippen molar-refractivity contribution in [2.45, 2.75) is 19.5 Å². The molecule has 0 aliphatic carbocycles. The first kappa shape index (κ1) is 21.7. The minimum absolute atomic E-state index is 0.738. The standard InChI is InChI=1S/C25H28N2O2S/c1-28-23-14-13-20(17-24(23)29-2)15-16-26-25(30)27(18-21-9-5-3-6-10-21)19-22-11-7-4-8-12-22/h3-14,17H,15-16,18-19H2,1-2H3,(H,26,30). The molecule has 30 heavy (non-hydrogen) atoms. The summed E-state index contributed by atoms with van der Waals surface area (Å²) in [6, 6.07) is 26.8. The van der Waals surface area contributed by atoms with Gasteiger partial charge in [0.1, 0.15) is 0 Å². The van der Waals surface area contributed by atoms with Crippen LogP contribution in [0.4, 0.5) is 0 Å². The molecular weight excluding hydrogens is 392 g/mol. The number of rotatable bonds is 9. The molecule has 4 nitrogen and oxygen atoms in total. The maximum absolute atomic E-state index is 5.75. The fourth-order valence-electron chi connectivity index (χ4n) is 3.27. The minimum Gasteiger partial charge on any atom is -0.493 e. The molecule has 3 aromatic rings. The fraction of sp³-hybridized carbons (Fsp3) is 0.240. The van der Waals surface area contributed by atoms with Crippen molar-refractivity contribution in [3.05, 3.63) is 95.6 Å². The molecule has 0 bridgehead atoms. The van der Waals surface area contributed by atoms with Crippen LogP contribution in [0.2, 0.25) is 0 Å². The Morgan fingerprint density at radius 3 is 1.87 bits per heavy atom. The molecule has 156 valence electrons. The Morgan fingerprint density at radius 1 is 0.767 bits per heavy atom. The topological polar surface area (TPSA) is 33.7 Å². The van der Waals surface area contributed by atoms with Crippen LogP contribution in [0.1, 0.15) is 16.7 Å². The Balaban J connectivity index is 1.62. The number of hydrogen-bond acceptors (Lipinski definition) is 3. The summed E-state index contributed by atoms with van der Waals surface area (Å²) in [6.07, 6.45) is 0.838. The van der Waals surface area contributed by atoms with Crippen LogP contribution < -0.4 is 14.8 Å². The lowest BCUT2D eigenvalue weighted by Crippen LogP contribution is -2.39. The molecule has 0 saturated carbocycles. The summed E-state index contributed by atoms with van der Waals surface area (Å²) in [5, 5.41) is 4.18. The summed E-state index contributed by atoms with van der Waals surface area (Å²) in [4.78, 5) is 2.20. The van der Waals surface area contributed by atoms with Gasteiger partial charge in [0, 0.05) is 19.6 Å². The molecule has 0 aromatic heterocycles. The summed E-state index contributed by atoms with van der Waals surface area (Å²) in [6.45, 7) is 2.27. The van der Waals surface area contributed by atoms with Gasteiger partial charge in [-0.25, -0.2) is 0 Å². The number of ether oxygens (including phenoxy) is 2. The molecule has 5 heteroatoms. The van der Waals surface area contributed by atoms with E-state index in [1.54, 1.807) is 14.2 Å². The third-order valence-corrected chi connectivity index (χ3v) is 5.26. The highest BCUT2D eigenvalue weighted by atomic mass is 32.1. The maximum Gasteiger partial charge on any atom is 0.169 e. The Hall–Kier alpha value is -3.05. The molecule has 0 amide bonds. The first-order chi connectivity index (χ1) is 14.7. The van der Waals surface area contributed by atoms with Gasteiger partial charge in [-0.3, -0.25) is 0 Å². The number of thiocarbonyl (C=S) groups is 1. The largest absolute Gasteiger partial charge is 0.493 e. The van der Waals surface area contributed by atoms with Crippen molar-refractivity contribution in [3.8, 4) is 11.5 Å². The molecule has 0 fully saturated rings. The highest BCUT2D eigenvalue weighted by Gasteiger charge is 2.11. The number of nitrogens with zero attached hydrogens (tertiary/aromatic N) is 1. The number of methoxy groups -OCH3 is 2. The van der Waals surface area contributed by atoms with Crippen LogP contribution in [-0.4, -0.2) is 30.8 Å².